The van der Waals surface area contributed by atoms with Gasteiger partial charge in [-0.25, -0.2) is 0 Å². The highest BCUT2D eigenvalue weighted by atomic mass is 16.5. The minimum absolute atomic E-state index is 0.0194. The lowest BCUT2D eigenvalue weighted by Crippen LogP contribution is -2.18. The molecule has 0 radical (unpaired) electrons. The Kier molecular flexibility index (Phi) is 10.6. The lowest BCUT2D eigenvalue weighted by Gasteiger charge is -2.18. The number of aliphatic hydroxyl groups is 1. The van der Waals surface area contributed by atoms with Crippen molar-refractivity contribution in [2.24, 2.45) is 11.8 Å². The Morgan fingerprint density at radius 3 is 2.67 bits per heavy atom. The number of benzene rings is 1. The predicted molar refractivity (Wildman–Crippen MR) is 120 cm³/mol. The number of esters is 1. The average Bonchev–Trinajstić information content (AvgIpc) is 3.07. The molecule has 1 aliphatic rings. The molecule has 1 aliphatic carbocycles. The van der Waals surface area contributed by atoms with E-state index in [9.17, 15) is 14.7 Å². The second kappa shape index (κ2) is 13.2. The number of aryl methyl sites for hydroxylation is 1. The van der Waals surface area contributed by atoms with Gasteiger partial charge >= 0.3 is 5.97 Å². The number of hydrogen-bond acceptors (Lipinski definition) is 4. The first-order valence-electron chi connectivity index (χ1n) is 11.4. The van der Waals surface area contributed by atoms with Crippen LogP contribution < -0.4 is 0 Å². The Balaban J connectivity index is 1.96. The van der Waals surface area contributed by atoms with Crippen molar-refractivity contribution in [3.05, 3.63) is 59.7 Å². The van der Waals surface area contributed by atoms with E-state index in [-0.39, 0.29) is 23.6 Å². The number of hydrogen-bond donors (Lipinski definition) is 1. The summed E-state index contributed by atoms with van der Waals surface area (Å²) in [6.07, 6.45) is 13.7. The summed E-state index contributed by atoms with van der Waals surface area (Å²) in [5, 5.41) is 10.2. The number of carbonyl (C=O) groups excluding carboxylic acids is 2. The number of aliphatic hydroxyl groups excluding tert-OH is 1. The van der Waals surface area contributed by atoms with Gasteiger partial charge in [-0.3, -0.25) is 9.59 Å². The molecule has 0 amide bonds. The second-order valence-corrected chi connectivity index (χ2v) is 8.02. The topological polar surface area (TPSA) is 63.6 Å². The fraction of sp³-hybridized carbons (Fsp3) is 0.538. The highest BCUT2D eigenvalue weighted by molar-refractivity contribution is 5.95. The molecule has 0 aliphatic heterocycles. The summed E-state index contributed by atoms with van der Waals surface area (Å²) >= 11 is 0. The van der Waals surface area contributed by atoms with Crippen molar-refractivity contribution in [3.63, 3.8) is 0 Å². The highest BCUT2D eigenvalue weighted by Crippen LogP contribution is 2.29. The number of ether oxygens (including phenoxy) is 1. The molecule has 0 saturated carbocycles. The fourth-order valence-corrected chi connectivity index (χ4v) is 3.94. The van der Waals surface area contributed by atoms with Crippen LogP contribution in [-0.4, -0.2) is 29.6 Å². The lowest BCUT2D eigenvalue weighted by molar-refractivity contribution is -0.143. The van der Waals surface area contributed by atoms with E-state index in [1.807, 2.05) is 37.3 Å². The number of carbonyl (C=O) groups is 2. The number of ketones is 1. The van der Waals surface area contributed by atoms with Crippen LogP contribution >= 0.6 is 0 Å². The van der Waals surface area contributed by atoms with Crippen LogP contribution in [0.5, 0.6) is 0 Å². The number of allylic oxidation sites excluding steroid dienone is 3. The predicted octanol–water partition coefficient (Wildman–Crippen LogP) is 4.98. The molecular formula is C26H36O4. The smallest absolute Gasteiger partial charge is 0.305 e. The first kappa shape index (κ1) is 24.1. The van der Waals surface area contributed by atoms with E-state index in [2.05, 4.69) is 19.1 Å². The van der Waals surface area contributed by atoms with E-state index in [1.165, 1.54) is 5.56 Å². The van der Waals surface area contributed by atoms with Gasteiger partial charge in [-0.05, 0) is 49.8 Å². The van der Waals surface area contributed by atoms with Gasteiger partial charge in [0.25, 0.3) is 0 Å². The average molecular weight is 413 g/mol. The van der Waals surface area contributed by atoms with Gasteiger partial charge < -0.3 is 9.84 Å². The molecule has 1 aromatic rings. The van der Waals surface area contributed by atoms with E-state index in [0.717, 1.165) is 44.1 Å². The van der Waals surface area contributed by atoms with Crippen LogP contribution in [0.25, 0.3) is 0 Å². The summed E-state index contributed by atoms with van der Waals surface area (Å²) in [4.78, 5) is 24.1. The van der Waals surface area contributed by atoms with Crippen LogP contribution in [0.4, 0.5) is 0 Å². The summed E-state index contributed by atoms with van der Waals surface area (Å²) in [7, 11) is 0. The van der Waals surface area contributed by atoms with Crippen molar-refractivity contribution < 1.29 is 19.4 Å². The van der Waals surface area contributed by atoms with Crippen molar-refractivity contribution >= 4 is 11.8 Å². The molecule has 4 nitrogen and oxygen atoms in total. The van der Waals surface area contributed by atoms with E-state index in [1.54, 1.807) is 6.08 Å². The maximum absolute atomic E-state index is 12.5. The summed E-state index contributed by atoms with van der Waals surface area (Å²) in [5.41, 5.74) is 2.34. The molecule has 3 atom stereocenters. The molecule has 1 N–H and O–H groups in total. The molecule has 0 bridgehead atoms. The maximum Gasteiger partial charge on any atom is 0.305 e. The number of unbranched alkanes of at least 4 members (excludes halogenated alkanes) is 2. The van der Waals surface area contributed by atoms with Crippen LogP contribution in [0.1, 0.15) is 63.5 Å². The molecule has 0 spiro atoms. The molecule has 2 rings (SSSR count). The third-order valence-electron chi connectivity index (χ3n) is 5.66. The molecule has 30 heavy (non-hydrogen) atoms. The Hall–Kier alpha value is -2.20. The third-order valence-corrected chi connectivity index (χ3v) is 5.66. The molecule has 0 saturated heterocycles. The molecule has 1 unspecified atom stereocenters. The molecule has 1 aromatic carbocycles. The highest BCUT2D eigenvalue weighted by Gasteiger charge is 2.29. The van der Waals surface area contributed by atoms with Gasteiger partial charge in [-0.1, -0.05) is 68.7 Å². The van der Waals surface area contributed by atoms with Crippen LogP contribution in [0.3, 0.4) is 0 Å². The van der Waals surface area contributed by atoms with Gasteiger partial charge in [-0.2, -0.15) is 0 Å². The van der Waals surface area contributed by atoms with Crippen LogP contribution in [0.2, 0.25) is 0 Å². The van der Waals surface area contributed by atoms with Crippen molar-refractivity contribution in [1.29, 1.82) is 0 Å². The van der Waals surface area contributed by atoms with Crippen molar-refractivity contribution in [2.45, 2.75) is 71.3 Å². The second-order valence-electron chi connectivity index (χ2n) is 8.02. The van der Waals surface area contributed by atoms with E-state index < -0.39 is 6.10 Å². The molecule has 0 fully saturated rings. The first-order valence-corrected chi connectivity index (χ1v) is 11.4. The van der Waals surface area contributed by atoms with Crippen molar-refractivity contribution in [3.8, 4) is 0 Å². The Bertz CT molecular complexity index is 734. The Labute approximate surface area is 181 Å². The zero-order valence-electron chi connectivity index (χ0n) is 18.4. The summed E-state index contributed by atoms with van der Waals surface area (Å²) in [6.45, 7) is 4.37. The van der Waals surface area contributed by atoms with Crippen LogP contribution in [0.15, 0.2) is 48.6 Å². The largest absolute Gasteiger partial charge is 0.466 e. The Morgan fingerprint density at radius 2 is 1.93 bits per heavy atom. The van der Waals surface area contributed by atoms with Gasteiger partial charge in [0.1, 0.15) is 0 Å². The normalized spacial score (nSPS) is 19.5. The SMILES string of the molecule is CCCCC[C@H](O)C=C[C@H]1C=CC(=O)C1Cc1ccccc1CCCC(=O)OCC. The lowest BCUT2D eigenvalue weighted by atomic mass is 9.85. The summed E-state index contributed by atoms with van der Waals surface area (Å²) < 4.78 is 5.00. The van der Waals surface area contributed by atoms with Gasteiger partial charge in [0, 0.05) is 18.3 Å². The van der Waals surface area contributed by atoms with E-state index in [0.29, 0.717) is 19.4 Å². The minimum atomic E-state index is -0.448. The zero-order chi connectivity index (χ0) is 21.8. The van der Waals surface area contributed by atoms with E-state index in [4.69, 9.17) is 4.74 Å². The fourth-order valence-electron chi connectivity index (χ4n) is 3.94. The molecular weight excluding hydrogens is 376 g/mol. The molecule has 0 heterocycles. The minimum Gasteiger partial charge on any atom is -0.466 e. The van der Waals surface area contributed by atoms with Gasteiger partial charge in [-0.15, -0.1) is 0 Å². The molecule has 4 heteroatoms. The first-order chi connectivity index (χ1) is 14.5. The van der Waals surface area contributed by atoms with E-state index >= 15 is 0 Å². The third kappa shape index (κ3) is 7.91. The monoisotopic (exact) mass is 412 g/mol. The van der Waals surface area contributed by atoms with Gasteiger partial charge in [0.15, 0.2) is 5.78 Å². The molecule has 164 valence electrons. The quantitative estimate of drug-likeness (QED) is 0.282. The standard InChI is InChI=1S/C26H36O4/c1-3-5-6-13-23(27)17-15-21-16-18-25(28)24(21)19-22-11-8-7-10-20(22)12-9-14-26(29)30-4-2/h7-8,10-11,15-18,21,23-24,27H,3-6,9,12-14,19H2,1-2H3/t21-,23-,24?/m0/s1. The van der Waals surface area contributed by atoms with Crippen molar-refractivity contribution in [2.75, 3.05) is 6.61 Å². The van der Waals surface area contributed by atoms with Crippen LogP contribution in [-0.2, 0) is 27.2 Å². The van der Waals surface area contributed by atoms with Crippen molar-refractivity contribution in [1.82, 2.24) is 0 Å². The summed E-state index contributed by atoms with van der Waals surface area (Å²) in [6, 6.07) is 8.16. The maximum atomic E-state index is 12.5. The van der Waals surface area contributed by atoms with Gasteiger partial charge in [0.05, 0.1) is 12.7 Å². The Morgan fingerprint density at radius 1 is 1.17 bits per heavy atom. The van der Waals surface area contributed by atoms with Crippen LogP contribution in [0, 0.1) is 11.8 Å². The zero-order valence-corrected chi connectivity index (χ0v) is 18.4. The number of rotatable bonds is 13. The summed E-state index contributed by atoms with van der Waals surface area (Å²) in [5.74, 6) is -0.125. The van der Waals surface area contributed by atoms with Gasteiger partial charge in [0.2, 0.25) is 0 Å². The molecule has 0 aromatic heterocycles.